The molecule has 0 aliphatic rings. The summed E-state index contributed by atoms with van der Waals surface area (Å²) >= 11 is 0. The minimum absolute atomic E-state index is 0.206. The number of nitrogens with two attached hydrogens (primary N) is 1. The van der Waals surface area contributed by atoms with E-state index in [1.54, 1.807) is 18.5 Å². The molecule has 0 fully saturated rings. The van der Waals surface area contributed by atoms with Crippen molar-refractivity contribution in [3.8, 4) is 11.1 Å². The Morgan fingerprint density at radius 1 is 0.939 bits per heavy atom. The summed E-state index contributed by atoms with van der Waals surface area (Å²) in [7, 11) is 0. The third-order valence-electron chi connectivity index (χ3n) is 5.39. The summed E-state index contributed by atoms with van der Waals surface area (Å²) < 4.78 is 39.3. The number of rotatable bonds is 3. The number of halogens is 3. The normalized spacial score (nSPS) is 11.8. The Morgan fingerprint density at radius 3 is 2.61 bits per heavy atom. The van der Waals surface area contributed by atoms with Gasteiger partial charge in [-0.1, -0.05) is 24.3 Å². The summed E-state index contributed by atoms with van der Waals surface area (Å²) in [6.07, 6.45) is -1.11. The first kappa shape index (κ1) is 20.6. The van der Waals surface area contributed by atoms with E-state index >= 15 is 0 Å². The predicted octanol–water partition coefficient (Wildman–Crippen LogP) is 5.89. The van der Waals surface area contributed by atoms with Crippen molar-refractivity contribution in [2.75, 3.05) is 11.1 Å². The summed E-state index contributed by atoms with van der Waals surface area (Å²) in [5, 5.41) is 13.6. The average Bonchev–Trinajstić information content (AvgIpc) is 2.78. The van der Waals surface area contributed by atoms with Crippen LogP contribution in [0.25, 0.3) is 32.8 Å². The molecule has 0 atom stereocenters. The smallest absolute Gasteiger partial charge is 0.368 e. The number of fused-ring (bicyclic) bond motifs is 2. The van der Waals surface area contributed by atoms with Crippen LogP contribution in [-0.2, 0) is 6.18 Å². The van der Waals surface area contributed by atoms with E-state index in [0.717, 1.165) is 50.5 Å². The summed E-state index contributed by atoms with van der Waals surface area (Å²) in [4.78, 5) is 8.30. The number of nitrogens with one attached hydrogen (secondary N) is 1. The van der Waals surface area contributed by atoms with Gasteiger partial charge in [-0.3, -0.25) is 0 Å². The van der Waals surface area contributed by atoms with Crippen molar-refractivity contribution in [3.05, 3.63) is 78.1 Å². The van der Waals surface area contributed by atoms with Gasteiger partial charge in [0.25, 0.3) is 0 Å². The van der Waals surface area contributed by atoms with Crippen LogP contribution in [0, 0.1) is 6.92 Å². The van der Waals surface area contributed by atoms with E-state index in [1.165, 1.54) is 6.07 Å². The van der Waals surface area contributed by atoms with Crippen LogP contribution in [0.1, 0.15) is 11.1 Å². The number of aromatic nitrogens is 4. The lowest BCUT2D eigenvalue weighted by Crippen LogP contribution is -2.05. The SMILES string of the molecule is Cc1ccc2c(Nc3cccc(C(F)(F)F)c3)nncc2c1-c1ccc2nc(N)ncc2c1. The van der Waals surface area contributed by atoms with Crippen LogP contribution < -0.4 is 11.1 Å². The first-order valence-corrected chi connectivity index (χ1v) is 10.0. The molecule has 0 aliphatic carbocycles. The molecule has 3 N–H and O–H groups in total. The van der Waals surface area contributed by atoms with Crippen molar-refractivity contribution in [1.29, 1.82) is 0 Å². The molecule has 2 heterocycles. The molecule has 0 bridgehead atoms. The molecule has 0 amide bonds. The molecule has 33 heavy (non-hydrogen) atoms. The maximum atomic E-state index is 13.1. The van der Waals surface area contributed by atoms with Gasteiger partial charge in [-0.15, -0.1) is 5.10 Å². The van der Waals surface area contributed by atoms with Crippen LogP contribution in [0.4, 0.5) is 30.6 Å². The average molecular weight is 446 g/mol. The molecule has 0 saturated carbocycles. The second-order valence-electron chi connectivity index (χ2n) is 7.62. The molecule has 9 heteroatoms. The van der Waals surface area contributed by atoms with Crippen LogP contribution in [0.2, 0.25) is 0 Å². The zero-order chi connectivity index (χ0) is 23.2. The van der Waals surface area contributed by atoms with Gasteiger partial charge < -0.3 is 11.1 Å². The lowest BCUT2D eigenvalue weighted by molar-refractivity contribution is -0.137. The van der Waals surface area contributed by atoms with Crippen LogP contribution >= 0.6 is 0 Å². The lowest BCUT2D eigenvalue weighted by Gasteiger charge is -2.14. The van der Waals surface area contributed by atoms with Crippen molar-refractivity contribution in [1.82, 2.24) is 20.2 Å². The van der Waals surface area contributed by atoms with Gasteiger partial charge in [-0.2, -0.15) is 18.3 Å². The molecule has 0 spiro atoms. The number of hydrogen-bond acceptors (Lipinski definition) is 6. The van der Waals surface area contributed by atoms with Crippen LogP contribution in [-0.4, -0.2) is 20.2 Å². The number of aryl methyl sites for hydroxylation is 1. The first-order valence-electron chi connectivity index (χ1n) is 10.0. The number of anilines is 3. The molecule has 3 aromatic carbocycles. The van der Waals surface area contributed by atoms with Gasteiger partial charge in [0.2, 0.25) is 5.95 Å². The van der Waals surface area contributed by atoms with Gasteiger partial charge in [0.05, 0.1) is 17.3 Å². The Kier molecular flexibility index (Phi) is 4.81. The highest BCUT2D eigenvalue weighted by Gasteiger charge is 2.30. The van der Waals surface area contributed by atoms with E-state index in [2.05, 4.69) is 25.5 Å². The number of nitrogens with zero attached hydrogens (tertiary/aromatic N) is 4. The van der Waals surface area contributed by atoms with Gasteiger partial charge in [-0.25, -0.2) is 9.97 Å². The van der Waals surface area contributed by atoms with Gasteiger partial charge in [0, 0.05) is 28.0 Å². The second kappa shape index (κ2) is 7.70. The van der Waals surface area contributed by atoms with E-state index < -0.39 is 11.7 Å². The van der Waals surface area contributed by atoms with E-state index in [0.29, 0.717) is 5.82 Å². The number of hydrogen-bond donors (Lipinski definition) is 2. The Balaban J connectivity index is 1.62. The van der Waals surface area contributed by atoms with Crippen LogP contribution in [0.5, 0.6) is 0 Å². The van der Waals surface area contributed by atoms with Crippen LogP contribution in [0.3, 0.4) is 0 Å². The summed E-state index contributed by atoms with van der Waals surface area (Å²) in [5.74, 6) is 0.571. The zero-order valence-corrected chi connectivity index (χ0v) is 17.4. The summed E-state index contributed by atoms with van der Waals surface area (Å²) in [6.45, 7) is 1.98. The fourth-order valence-corrected chi connectivity index (χ4v) is 3.86. The monoisotopic (exact) mass is 446 g/mol. The van der Waals surface area contributed by atoms with E-state index in [-0.39, 0.29) is 11.6 Å². The molecular weight excluding hydrogens is 429 g/mol. The highest BCUT2D eigenvalue weighted by molar-refractivity contribution is 6.04. The lowest BCUT2D eigenvalue weighted by atomic mass is 9.94. The van der Waals surface area contributed by atoms with Crippen molar-refractivity contribution in [3.63, 3.8) is 0 Å². The second-order valence-corrected chi connectivity index (χ2v) is 7.62. The molecule has 6 nitrogen and oxygen atoms in total. The standard InChI is InChI=1S/C24H17F3N6/c1-13-5-7-18-19(21(13)14-6-8-20-15(9-14)11-29-23(28)32-20)12-30-33-22(18)31-17-4-2-3-16(10-17)24(25,26)27/h2-12H,1H3,(H,31,33)(H2,28,29,32). The number of alkyl halides is 3. The summed E-state index contributed by atoms with van der Waals surface area (Å²) in [6, 6.07) is 14.6. The maximum absolute atomic E-state index is 13.1. The largest absolute Gasteiger partial charge is 0.416 e. The molecule has 0 saturated heterocycles. The Hall–Kier alpha value is -4.27. The van der Waals surface area contributed by atoms with E-state index in [9.17, 15) is 13.2 Å². The molecule has 164 valence electrons. The number of nitrogen functional groups attached to an aromatic ring is 1. The van der Waals surface area contributed by atoms with Crippen molar-refractivity contribution < 1.29 is 13.2 Å². The highest BCUT2D eigenvalue weighted by Crippen LogP contribution is 2.36. The van der Waals surface area contributed by atoms with Gasteiger partial charge in [-0.05, 0) is 53.9 Å². The van der Waals surface area contributed by atoms with Crippen molar-refractivity contribution in [2.45, 2.75) is 13.1 Å². The zero-order valence-electron chi connectivity index (χ0n) is 17.4. The predicted molar refractivity (Wildman–Crippen MR) is 122 cm³/mol. The Bertz CT molecular complexity index is 1510. The van der Waals surface area contributed by atoms with Gasteiger partial charge in [0.15, 0.2) is 5.82 Å². The number of benzene rings is 3. The summed E-state index contributed by atoms with van der Waals surface area (Å²) in [5.41, 5.74) is 8.82. The molecule has 5 rings (SSSR count). The van der Waals surface area contributed by atoms with Crippen LogP contribution in [0.15, 0.2) is 67.0 Å². The fourth-order valence-electron chi connectivity index (χ4n) is 3.86. The van der Waals surface area contributed by atoms with E-state index in [1.807, 2.05) is 37.3 Å². The highest BCUT2D eigenvalue weighted by atomic mass is 19.4. The van der Waals surface area contributed by atoms with E-state index in [4.69, 9.17) is 5.73 Å². The third-order valence-corrected chi connectivity index (χ3v) is 5.39. The Morgan fingerprint density at radius 2 is 1.79 bits per heavy atom. The quantitative estimate of drug-likeness (QED) is 0.359. The molecular formula is C24H17F3N6. The molecule has 0 aliphatic heterocycles. The molecule has 2 aromatic heterocycles. The first-order chi connectivity index (χ1) is 15.8. The minimum Gasteiger partial charge on any atom is -0.368 e. The maximum Gasteiger partial charge on any atom is 0.416 e. The Labute approximate surface area is 186 Å². The molecule has 5 aromatic rings. The minimum atomic E-state index is -4.43. The van der Waals surface area contributed by atoms with Gasteiger partial charge >= 0.3 is 6.18 Å². The topological polar surface area (TPSA) is 89.6 Å². The van der Waals surface area contributed by atoms with Crippen molar-refractivity contribution >= 4 is 39.1 Å². The molecule has 0 unspecified atom stereocenters. The fraction of sp³-hybridized carbons (Fsp3) is 0.0833. The van der Waals surface area contributed by atoms with Gasteiger partial charge in [0.1, 0.15) is 0 Å². The molecule has 0 radical (unpaired) electrons. The third kappa shape index (κ3) is 3.89. The van der Waals surface area contributed by atoms with Crippen molar-refractivity contribution in [2.24, 2.45) is 0 Å².